The molecule has 0 atom stereocenters. The highest BCUT2D eigenvalue weighted by atomic mass is 79.9. The molecule has 0 heterocycles. The fraction of sp³-hybridized carbons (Fsp3) is 0.100. The molecule has 54 heavy (non-hydrogen) atoms. The predicted molar refractivity (Wildman–Crippen MR) is 214 cm³/mol. The maximum Gasteiger partial charge on any atom is 0.339 e. The number of fused-ring (bicyclic) bond motifs is 2. The molecule has 6 rings (SSSR count). The Morgan fingerprint density at radius 2 is 1.00 bits per heavy atom. The third kappa shape index (κ3) is 8.90. The maximum atomic E-state index is 11.6. The Morgan fingerprint density at radius 1 is 0.611 bits per heavy atom. The first-order valence-electron chi connectivity index (χ1n) is 16.2. The monoisotopic (exact) mass is 856 g/mol. The molecule has 0 bridgehead atoms. The van der Waals surface area contributed by atoms with Gasteiger partial charge in [-0.15, -0.1) is 0 Å². The van der Waals surface area contributed by atoms with Gasteiger partial charge in [-0.2, -0.15) is 0 Å². The molecule has 0 aliphatic rings. The summed E-state index contributed by atoms with van der Waals surface area (Å²) in [6.07, 6.45) is 0.655. The van der Waals surface area contributed by atoms with Crippen LogP contribution in [0.4, 0.5) is 0 Å². The Kier molecular flexibility index (Phi) is 12.4. The molecule has 0 aliphatic heterocycles. The first-order chi connectivity index (χ1) is 25.8. The number of nitrogen functional groups attached to an aromatic ring is 2. The normalized spacial score (nSPS) is 10.7. The number of ether oxygens (including phenoxy) is 2. The lowest BCUT2D eigenvalue weighted by atomic mass is 9.90. The fourth-order valence-electron chi connectivity index (χ4n) is 5.68. The molecule has 0 saturated carbocycles. The molecule has 0 aromatic heterocycles. The third-order valence-corrected chi connectivity index (χ3v) is 9.60. The molecule has 0 fully saturated rings. The van der Waals surface area contributed by atoms with Crippen LogP contribution in [0.5, 0.6) is 23.0 Å². The van der Waals surface area contributed by atoms with Gasteiger partial charge in [0.05, 0.1) is 22.2 Å². The minimum atomic E-state index is -1.28. The second kappa shape index (κ2) is 17.1. The Balaban J connectivity index is 0.000000210. The van der Waals surface area contributed by atoms with Crippen LogP contribution in [0.25, 0.3) is 21.5 Å². The number of carbonyl (C=O) groups is 2. The van der Waals surface area contributed by atoms with Gasteiger partial charge in [0.15, 0.2) is 0 Å². The topological polar surface area (TPSA) is 233 Å². The van der Waals surface area contributed by atoms with Crippen LogP contribution in [0.1, 0.15) is 49.4 Å². The van der Waals surface area contributed by atoms with Gasteiger partial charge in [-0.05, 0) is 102 Å². The van der Waals surface area contributed by atoms with Crippen molar-refractivity contribution in [3.8, 4) is 23.0 Å². The van der Waals surface area contributed by atoms with Crippen molar-refractivity contribution in [1.29, 1.82) is 10.8 Å². The minimum absolute atomic E-state index is 0.0158. The van der Waals surface area contributed by atoms with E-state index in [1.54, 1.807) is 84.9 Å². The molecule has 0 unspecified atom stereocenters. The fourth-order valence-corrected chi connectivity index (χ4v) is 6.66. The van der Waals surface area contributed by atoms with Crippen molar-refractivity contribution in [2.24, 2.45) is 11.5 Å². The van der Waals surface area contributed by atoms with Gasteiger partial charge in [-0.3, -0.25) is 10.8 Å². The van der Waals surface area contributed by atoms with Crippen LogP contribution < -0.4 is 20.9 Å². The summed E-state index contributed by atoms with van der Waals surface area (Å²) in [5.41, 5.74) is 12.3. The third-order valence-electron chi connectivity index (χ3n) is 8.36. The average molecular weight is 859 g/mol. The number of phenols is 2. The van der Waals surface area contributed by atoms with E-state index in [4.69, 9.17) is 31.8 Å². The maximum absolute atomic E-state index is 11.6. The molecule has 6 aromatic rings. The van der Waals surface area contributed by atoms with E-state index < -0.39 is 23.4 Å². The summed E-state index contributed by atoms with van der Waals surface area (Å²) in [6, 6.07) is 27.3. The molecule has 276 valence electrons. The van der Waals surface area contributed by atoms with Crippen molar-refractivity contribution in [2.75, 3.05) is 13.2 Å². The molecular formula is C40H34Br2N4O8. The van der Waals surface area contributed by atoms with Crippen LogP contribution >= 0.6 is 31.9 Å². The molecule has 6 aromatic carbocycles. The molecular weight excluding hydrogens is 824 g/mol. The summed E-state index contributed by atoms with van der Waals surface area (Å²) in [5, 5.41) is 57.6. The van der Waals surface area contributed by atoms with E-state index in [0.29, 0.717) is 74.9 Å². The van der Waals surface area contributed by atoms with Crippen LogP contribution in [0.2, 0.25) is 0 Å². The van der Waals surface area contributed by atoms with Crippen molar-refractivity contribution in [3.63, 3.8) is 0 Å². The van der Waals surface area contributed by atoms with E-state index in [9.17, 15) is 30.0 Å². The van der Waals surface area contributed by atoms with Crippen LogP contribution in [0, 0.1) is 10.8 Å². The number of carboxylic acids is 2. The lowest BCUT2D eigenvalue weighted by Gasteiger charge is -2.16. The van der Waals surface area contributed by atoms with Gasteiger partial charge in [0, 0.05) is 35.1 Å². The van der Waals surface area contributed by atoms with Gasteiger partial charge < -0.3 is 41.4 Å². The highest BCUT2D eigenvalue weighted by Gasteiger charge is 2.22. The van der Waals surface area contributed by atoms with Gasteiger partial charge in [0.1, 0.15) is 45.8 Å². The Hall–Kier alpha value is -6.12. The summed E-state index contributed by atoms with van der Waals surface area (Å²) in [5.74, 6) is -1.94. The summed E-state index contributed by atoms with van der Waals surface area (Å²) in [4.78, 5) is 23.2. The van der Waals surface area contributed by atoms with Gasteiger partial charge in [0.25, 0.3) is 0 Å². The Labute approximate surface area is 325 Å². The number of halogens is 2. The summed E-state index contributed by atoms with van der Waals surface area (Å²) < 4.78 is 12.9. The Morgan fingerprint density at radius 3 is 1.35 bits per heavy atom. The molecule has 0 radical (unpaired) electrons. The molecule has 0 aliphatic carbocycles. The van der Waals surface area contributed by atoms with E-state index in [2.05, 4.69) is 31.9 Å². The first kappa shape index (κ1) is 39.1. The van der Waals surface area contributed by atoms with E-state index >= 15 is 0 Å². The zero-order valence-electron chi connectivity index (χ0n) is 28.4. The number of amidine groups is 2. The highest BCUT2D eigenvalue weighted by molar-refractivity contribution is 9.11. The van der Waals surface area contributed by atoms with E-state index in [1.807, 2.05) is 0 Å². The smallest absolute Gasteiger partial charge is 0.339 e. The second-order valence-corrected chi connectivity index (χ2v) is 13.6. The summed E-state index contributed by atoms with van der Waals surface area (Å²) in [6.45, 7) is 0.975. The predicted octanol–water partition coefficient (Wildman–Crippen LogP) is 8.02. The number of rotatable bonds is 12. The van der Waals surface area contributed by atoms with Gasteiger partial charge >= 0.3 is 11.9 Å². The van der Waals surface area contributed by atoms with Gasteiger partial charge in [0.2, 0.25) is 0 Å². The number of aromatic carboxylic acids is 2. The van der Waals surface area contributed by atoms with Crippen molar-refractivity contribution in [3.05, 3.63) is 139 Å². The number of carboxylic acid groups (broad SMARTS) is 2. The molecule has 0 saturated heterocycles. The number of nitrogens with one attached hydrogen (secondary N) is 2. The summed E-state index contributed by atoms with van der Waals surface area (Å²) >= 11 is 6.81. The molecule has 10 N–H and O–H groups in total. The lowest BCUT2D eigenvalue weighted by molar-refractivity contribution is 0.0682. The van der Waals surface area contributed by atoms with Crippen LogP contribution in [0.3, 0.4) is 0 Å². The van der Waals surface area contributed by atoms with Gasteiger partial charge in [-0.1, -0.05) is 48.5 Å². The van der Waals surface area contributed by atoms with E-state index in [1.165, 1.54) is 12.1 Å². The second-order valence-electron chi connectivity index (χ2n) is 11.9. The van der Waals surface area contributed by atoms with Crippen LogP contribution in [-0.4, -0.2) is 57.2 Å². The van der Waals surface area contributed by atoms with Crippen LogP contribution in [-0.2, 0) is 6.42 Å². The van der Waals surface area contributed by atoms with Crippen molar-refractivity contribution in [1.82, 2.24) is 0 Å². The van der Waals surface area contributed by atoms with Crippen molar-refractivity contribution < 1.29 is 39.5 Å². The number of benzene rings is 6. The number of hydrogen-bond donors (Lipinski definition) is 8. The van der Waals surface area contributed by atoms with Crippen molar-refractivity contribution >= 4 is 77.0 Å². The quantitative estimate of drug-likeness (QED) is 0.0335. The summed E-state index contributed by atoms with van der Waals surface area (Å²) in [7, 11) is 0. The molecule has 12 nitrogen and oxygen atoms in total. The number of hydrogen-bond acceptors (Lipinski definition) is 8. The zero-order valence-corrected chi connectivity index (χ0v) is 31.6. The SMILES string of the molecule is N=C(N)c1ccc(OCCCOc2ccc(C(=N)N)cc2Br)c(Br)c1.O=C(O)c1cc2ccccc2c(Cc2c(O)c(C(=O)O)cc3ccccc23)c1O. The average Bonchev–Trinajstić information content (AvgIpc) is 3.14. The van der Waals surface area contributed by atoms with E-state index in [0.717, 1.165) is 8.95 Å². The molecule has 14 heteroatoms. The van der Waals surface area contributed by atoms with E-state index in [-0.39, 0.29) is 29.2 Å². The number of aromatic hydroxyl groups is 2. The van der Waals surface area contributed by atoms with Crippen LogP contribution in [0.15, 0.2) is 106 Å². The highest BCUT2D eigenvalue weighted by Crippen LogP contribution is 2.39. The first-order valence-corrected chi connectivity index (χ1v) is 17.8. The molecule has 0 spiro atoms. The Bertz CT molecular complexity index is 2270. The van der Waals surface area contributed by atoms with Gasteiger partial charge in [-0.25, -0.2) is 9.59 Å². The standard InChI is InChI=1S/C23H16O6.C17H18Br2N4O2/c24-20-16(14-7-3-1-5-12(14)9-18(20)22(26)27)11-17-15-8-4-2-6-13(15)10-19(21(17)25)23(28)29;18-12-8-10(16(20)21)2-4-14(12)24-6-1-7-25-15-5-3-11(17(22)23)9-13(15)19/h1-10,24-25H,11H2,(H,26,27)(H,28,29);2-5,8-9H,1,6-7H2,(H3,20,21)(H3,22,23). The minimum Gasteiger partial charge on any atom is -0.507 e. The van der Waals surface area contributed by atoms with Crippen molar-refractivity contribution in [2.45, 2.75) is 12.8 Å². The number of nitrogens with two attached hydrogens (primary N) is 2. The zero-order chi connectivity index (χ0) is 39.1. The largest absolute Gasteiger partial charge is 0.507 e. The lowest BCUT2D eigenvalue weighted by Crippen LogP contribution is -2.11. The molecule has 0 amide bonds.